The molecule has 0 amide bonds. The molecule has 0 unspecified atom stereocenters. The third-order valence-corrected chi connectivity index (χ3v) is 2.23. The standard InChI is InChI=1S/C11H10N4O3/c1-7-6-8(15(16)17)2-3-9(7)18-10-4-5-13-11(12)14-10/h2-6H,1H3,(H2,12,13,14). The molecule has 18 heavy (non-hydrogen) atoms. The Morgan fingerprint density at radius 2 is 2.17 bits per heavy atom. The van der Waals surface area contributed by atoms with E-state index in [1.807, 2.05) is 0 Å². The molecule has 0 aliphatic rings. The normalized spacial score (nSPS) is 10.1. The molecule has 7 nitrogen and oxygen atoms in total. The third kappa shape index (κ3) is 2.51. The van der Waals surface area contributed by atoms with E-state index in [0.29, 0.717) is 17.2 Å². The van der Waals surface area contributed by atoms with Crippen molar-refractivity contribution in [1.29, 1.82) is 0 Å². The average molecular weight is 246 g/mol. The number of nitro groups is 1. The average Bonchev–Trinajstić information content (AvgIpc) is 2.31. The monoisotopic (exact) mass is 246 g/mol. The van der Waals surface area contributed by atoms with Gasteiger partial charge in [0.25, 0.3) is 5.69 Å². The second-order valence-corrected chi connectivity index (χ2v) is 3.56. The van der Waals surface area contributed by atoms with E-state index in [2.05, 4.69) is 9.97 Å². The number of ether oxygens (including phenoxy) is 1. The summed E-state index contributed by atoms with van der Waals surface area (Å²) >= 11 is 0. The second kappa shape index (κ2) is 4.66. The van der Waals surface area contributed by atoms with E-state index < -0.39 is 4.92 Å². The zero-order chi connectivity index (χ0) is 13.1. The molecule has 0 bridgehead atoms. The van der Waals surface area contributed by atoms with Gasteiger partial charge in [0.2, 0.25) is 11.8 Å². The molecule has 1 heterocycles. The fourth-order valence-electron chi connectivity index (χ4n) is 1.39. The minimum absolute atomic E-state index is 0.0158. The number of hydrogen-bond acceptors (Lipinski definition) is 6. The van der Waals surface area contributed by atoms with Gasteiger partial charge in [0, 0.05) is 24.4 Å². The van der Waals surface area contributed by atoms with Crippen LogP contribution in [0.1, 0.15) is 5.56 Å². The molecule has 0 radical (unpaired) electrons. The zero-order valence-electron chi connectivity index (χ0n) is 9.53. The van der Waals surface area contributed by atoms with Gasteiger partial charge in [0.15, 0.2) is 0 Å². The molecule has 1 aromatic heterocycles. The number of rotatable bonds is 3. The highest BCUT2D eigenvalue weighted by Crippen LogP contribution is 2.26. The maximum absolute atomic E-state index is 10.6. The first kappa shape index (κ1) is 11.8. The Balaban J connectivity index is 2.27. The van der Waals surface area contributed by atoms with Crippen molar-refractivity contribution in [3.05, 3.63) is 46.1 Å². The number of aromatic nitrogens is 2. The first-order chi connectivity index (χ1) is 8.56. The Bertz CT molecular complexity index is 601. The summed E-state index contributed by atoms with van der Waals surface area (Å²) in [6, 6.07) is 5.87. The highest BCUT2D eigenvalue weighted by molar-refractivity contribution is 5.44. The maximum Gasteiger partial charge on any atom is 0.269 e. The van der Waals surface area contributed by atoms with Gasteiger partial charge in [0.1, 0.15) is 5.75 Å². The first-order valence-corrected chi connectivity index (χ1v) is 5.07. The fraction of sp³-hybridized carbons (Fsp3) is 0.0909. The molecular formula is C11H10N4O3. The van der Waals surface area contributed by atoms with Crippen LogP contribution in [0.5, 0.6) is 11.6 Å². The smallest absolute Gasteiger partial charge is 0.269 e. The van der Waals surface area contributed by atoms with Gasteiger partial charge in [-0.05, 0) is 18.6 Å². The minimum Gasteiger partial charge on any atom is -0.439 e. The second-order valence-electron chi connectivity index (χ2n) is 3.56. The SMILES string of the molecule is Cc1cc([N+](=O)[O-])ccc1Oc1ccnc(N)n1. The Morgan fingerprint density at radius 1 is 1.39 bits per heavy atom. The van der Waals surface area contributed by atoms with Gasteiger partial charge in [-0.3, -0.25) is 10.1 Å². The highest BCUT2D eigenvalue weighted by Gasteiger charge is 2.10. The van der Waals surface area contributed by atoms with Gasteiger partial charge in [-0.2, -0.15) is 4.98 Å². The molecule has 92 valence electrons. The van der Waals surface area contributed by atoms with Gasteiger partial charge < -0.3 is 10.5 Å². The minimum atomic E-state index is -0.459. The van der Waals surface area contributed by atoms with Crippen molar-refractivity contribution in [2.24, 2.45) is 0 Å². The number of nitrogens with two attached hydrogens (primary N) is 1. The maximum atomic E-state index is 10.6. The molecular weight excluding hydrogens is 236 g/mol. The number of aryl methyl sites for hydroxylation is 1. The zero-order valence-corrected chi connectivity index (χ0v) is 9.53. The Morgan fingerprint density at radius 3 is 2.78 bits per heavy atom. The van der Waals surface area contributed by atoms with Crippen LogP contribution in [0.25, 0.3) is 0 Å². The van der Waals surface area contributed by atoms with Crippen molar-refractivity contribution in [2.45, 2.75) is 6.92 Å². The highest BCUT2D eigenvalue weighted by atomic mass is 16.6. The van der Waals surface area contributed by atoms with E-state index in [9.17, 15) is 10.1 Å². The molecule has 7 heteroatoms. The number of nitrogen functional groups attached to an aromatic ring is 1. The Hall–Kier alpha value is -2.70. The lowest BCUT2D eigenvalue weighted by Crippen LogP contribution is -1.97. The molecule has 2 N–H and O–H groups in total. The van der Waals surface area contributed by atoms with Gasteiger partial charge in [-0.25, -0.2) is 4.98 Å². The molecule has 2 aromatic rings. The first-order valence-electron chi connectivity index (χ1n) is 5.07. The van der Waals surface area contributed by atoms with Crippen LogP contribution in [-0.4, -0.2) is 14.9 Å². The van der Waals surface area contributed by atoms with Crippen LogP contribution in [-0.2, 0) is 0 Å². The number of anilines is 1. The third-order valence-electron chi connectivity index (χ3n) is 2.23. The summed E-state index contributed by atoms with van der Waals surface area (Å²) in [5, 5.41) is 10.6. The van der Waals surface area contributed by atoms with Gasteiger partial charge in [-0.15, -0.1) is 0 Å². The topological polar surface area (TPSA) is 104 Å². The summed E-state index contributed by atoms with van der Waals surface area (Å²) < 4.78 is 5.47. The quantitative estimate of drug-likeness (QED) is 0.656. The molecule has 0 atom stereocenters. The Labute approximate surface area is 102 Å². The summed E-state index contributed by atoms with van der Waals surface area (Å²) in [6.45, 7) is 1.72. The van der Waals surface area contributed by atoms with Crippen molar-refractivity contribution in [3.8, 4) is 11.6 Å². The molecule has 2 rings (SSSR count). The lowest BCUT2D eigenvalue weighted by molar-refractivity contribution is -0.384. The van der Waals surface area contributed by atoms with E-state index in [0.717, 1.165) is 0 Å². The van der Waals surface area contributed by atoms with Crippen molar-refractivity contribution in [3.63, 3.8) is 0 Å². The van der Waals surface area contributed by atoms with Crippen LogP contribution in [0.15, 0.2) is 30.5 Å². The number of non-ortho nitro benzene ring substituents is 1. The summed E-state index contributed by atoms with van der Waals surface area (Å²) in [4.78, 5) is 17.8. The summed E-state index contributed by atoms with van der Waals surface area (Å²) in [7, 11) is 0. The number of nitrogens with zero attached hydrogens (tertiary/aromatic N) is 3. The van der Waals surface area contributed by atoms with E-state index in [4.69, 9.17) is 10.5 Å². The number of hydrogen-bond donors (Lipinski definition) is 1. The van der Waals surface area contributed by atoms with Gasteiger partial charge >= 0.3 is 0 Å². The summed E-state index contributed by atoms with van der Waals surface area (Å²) in [6.07, 6.45) is 1.47. The van der Waals surface area contributed by atoms with Crippen LogP contribution < -0.4 is 10.5 Å². The van der Waals surface area contributed by atoms with Gasteiger partial charge in [-0.1, -0.05) is 0 Å². The Kier molecular flexibility index (Phi) is 3.05. The van der Waals surface area contributed by atoms with E-state index >= 15 is 0 Å². The van der Waals surface area contributed by atoms with E-state index in [1.54, 1.807) is 13.0 Å². The molecule has 0 aliphatic heterocycles. The van der Waals surface area contributed by atoms with E-state index in [-0.39, 0.29) is 11.6 Å². The summed E-state index contributed by atoms with van der Waals surface area (Å²) in [5.74, 6) is 0.880. The van der Waals surface area contributed by atoms with Crippen molar-refractivity contribution < 1.29 is 9.66 Å². The molecule has 0 fully saturated rings. The lowest BCUT2D eigenvalue weighted by atomic mass is 10.2. The van der Waals surface area contributed by atoms with Crippen molar-refractivity contribution in [2.75, 3.05) is 5.73 Å². The van der Waals surface area contributed by atoms with E-state index in [1.165, 1.54) is 24.4 Å². The lowest BCUT2D eigenvalue weighted by Gasteiger charge is -2.07. The van der Waals surface area contributed by atoms with Crippen molar-refractivity contribution in [1.82, 2.24) is 9.97 Å². The molecule has 0 saturated carbocycles. The van der Waals surface area contributed by atoms with Crippen LogP contribution in [0.3, 0.4) is 0 Å². The largest absolute Gasteiger partial charge is 0.439 e. The predicted octanol–water partition coefficient (Wildman–Crippen LogP) is 2.07. The number of benzene rings is 1. The van der Waals surface area contributed by atoms with Crippen LogP contribution in [0.2, 0.25) is 0 Å². The predicted molar refractivity (Wildman–Crippen MR) is 64.4 cm³/mol. The molecule has 0 aliphatic carbocycles. The molecule has 1 aromatic carbocycles. The van der Waals surface area contributed by atoms with Crippen LogP contribution in [0.4, 0.5) is 11.6 Å². The fourth-order valence-corrected chi connectivity index (χ4v) is 1.39. The van der Waals surface area contributed by atoms with Crippen LogP contribution >= 0.6 is 0 Å². The van der Waals surface area contributed by atoms with Crippen molar-refractivity contribution >= 4 is 11.6 Å². The van der Waals surface area contributed by atoms with Gasteiger partial charge in [0.05, 0.1) is 4.92 Å². The number of nitro benzene ring substituents is 1. The van der Waals surface area contributed by atoms with Crippen LogP contribution in [0, 0.1) is 17.0 Å². The molecule has 0 saturated heterocycles. The molecule has 0 spiro atoms. The summed E-state index contributed by atoms with van der Waals surface area (Å²) in [5.41, 5.74) is 6.08.